The predicted octanol–water partition coefficient (Wildman–Crippen LogP) is 2.99. The van der Waals surface area contributed by atoms with Gasteiger partial charge in [-0.1, -0.05) is 31.2 Å². The normalized spacial score (nSPS) is 18.9. The molecule has 1 saturated heterocycles. The van der Waals surface area contributed by atoms with Crippen LogP contribution < -0.4 is 5.32 Å². The Morgan fingerprint density at radius 3 is 2.72 bits per heavy atom. The zero-order valence-corrected chi connectivity index (χ0v) is 12.3. The first-order valence-electron chi connectivity index (χ1n) is 6.80. The molecule has 102 valence electrons. The number of halogens is 1. The van der Waals surface area contributed by atoms with Gasteiger partial charge in [0.2, 0.25) is 0 Å². The third-order valence-corrected chi connectivity index (χ3v) is 3.70. The van der Waals surface area contributed by atoms with E-state index in [0.717, 1.165) is 19.1 Å². The second-order valence-electron chi connectivity index (χ2n) is 5.04. The molecule has 0 radical (unpaired) electrons. The Kier molecular flexibility index (Phi) is 6.69. The summed E-state index contributed by atoms with van der Waals surface area (Å²) in [7, 11) is 0. The minimum atomic E-state index is 0. The number of hydrogen-bond donors (Lipinski definition) is 1. The molecular formula is C15H25ClN2. The summed E-state index contributed by atoms with van der Waals surface area (Å²) in [5, 5.41) is 3.47. The third kappa shape index (κ3) is 3.98. The molecule has 3 heteroatoms. The van der Waals surface area contributed by atoms with E-state index in [0.29, 0.717) is 0 Å². The highest BCUT2D eigenvalue weighted by molar-refractivity contribution is 5.85. The lowest BCUT2D eigenvalue weighted by Crippen LogP contribution is -2.37. The van der Waals surface area contributed by atoms with Crippen molar-refractivity contribution in [1.29, 1.82) is 0 Å². The average Bonchev–Trinajstić information content (AvgIpc) is 2.85. The van der Waals surface area contributed by atoms with Crippen LogP contribution in [0, 0.1) is 6.92 Å². The summed E-state index contributed by atoms with van der Waals surface area (Å²) in [4.78, 5) is 2.64. The summed E-state index contributed by atoms with van der Waals surface area (Å²) in [5.41, 5.74) is 2.90. The number of nitrogens with zero attached hydrogens (tertiary/aromatic N) is 1. The molecule has 0 saturated carbocycles. The summed E-state index contributed by atoms with van der Waals surface area (Å²) in [6.07, 6.45) is 2.54. The molecular weight excluding hydrogens is 244 g/mol. The summed E-state index contributed by atoms with van der Waals surface area (Å²) in [5.74, 6) is 0. The molecule has 0 aliphatic carbocycles. The Hall–Kier alpha value is -0.570. The van der Waals surface area contributed by atoms with Gasteiger partial charge in [-0.05, 0) is 44.0 Å². The molecule has 0 spiro atoms. The van der Waals surface area contributed by atoms with Crippen molar-refractivity contribution in [3.63, 3.8) is 0 Å². The number of aryl methyl sites for hydroxylation is 1. The summed E-state index contributed by atoms with van der Waals surface area (Å²) in [6.45, 7) is 9.14. The minimum Gasteiger partial charge on any atom is -0.315 e. The fourth-order valence-electron chi connectivity index (χ4n) is 2.64. The monoisotopic (exact) mass is 268 g/mol. The van der Waals surface area contributed by atoms with E-state index in [1.807, 2.05) is 0 Å². The summed E-state index contributed by atoms with van der Waals surface area (Å²) >= 11 is 0. The van der Waals surface area contributed by atoms with E-state index in [4.69, 9.17) is 0 Å². The Balaban J connectivity index is 0.00000162. The molecule has 1 unspecified atom stereocenters. The van der Waals surface area contributed by atoms with Gasteiger partial charge in [0.15, 0.2) is 0 Å². The number of nitrogens with one attached hydrogen (secondary N) is 1. The standard InChI is InChI=1S/C15H24N2.ClH/c1-3-10-17(15-8-9-16-11-15)12-14-7-5-4-6-13(14)2;/h4-7,15-16H,3,8-12H2,1-2H3;1H. The quantitative estimate of drug-likeness (QED) is 0.883. The SMILES string of the molecule is CCCN(Cc1ccccc1C)C1CCNC1.Cl. The largest absolute Gasteiger partial charge is 0.315 e. The maximum atomic E-state index is 3.47. The first-order valence-corrected chi connectivity index (χ1v) is 6.80. The number of rotatable bonds is 5. The van der Waals surface area contributed by atoms with E-state index in [1.165, 1.54) is 37.1 Å². The molecule has 1 aromatic rings. The van der Waals surface area contributed by atoms with Gasteiger partial charge < -0.3 is 5.32 Å². The Morgan fingerprint density at radius 2 is 2.11 bits per heavy atom. The van der Waals surface area contributed by atoms with Crippen LogP contribution in [0.15, 0.2) is 24.3 Å². The van der Waals surface area contributed by atoms with Crippen LogP contribution in [-0.4, -0.2) is 30.6 Å². The fraction of sp³-hybridized carbons (Fsp3) is 0.600. The lowest BCUT2D eigenvalue weighted by molar-refractivity contribution is 0.199. The first-order chi connectivity index (χ1) is 8.31. The van der Waals surface area contributed by atoms with Gasteiger partial charge in [0.25, 0.3) is 0 Å². The number of hydrogen-bond acceptors (Lipinski definition) is 2. The lowest BCUT2D eigenvalue weighted by Gasteiger charge is -2.28. The van der Waals surface area contributed by atoms with Crippen molar-refractivity contribution >= 4 is 12.4 Å². The Bertz CT molecular complexity index is 348. The molecule has 0 bridgehead atoms. The molecule has 1 aliphatic rings. The average molecular weight is 269 g/mol. The Morgan fingerprint density at radius 1 is 1.33 bits per heavy atom. The van der Waals surface area contributed by atoms with Crippen LogP contribution in [0.3, 0.4) is 0 Å². The van der Waals surface area contributed by atoms with Crippen LogP contribution in [0.1, 0.15) is 30.9 Å². The molecule has 18 heavy (non-hydrogen) atoms. The molecule has 2 rings (SSSR count). The number of benzene rings is 1. The van der Waals surface area contributed by atoms with Gasteiger partial charge in [0.1, 0.15) is 0 Å². The topological polar surface area (TPSA) is 15.3 Å². The van der Waals surface area contributed by atoms with E-state index in [2.05, 4.69) is 48.3 Å². The molecule has 2 nitrogen and oxygen atoms in total. The second kappa shape index (κ2) is 7.78. The zero-order chi connectivity index (χ0) is 12.1. The highest BCUT2D eigenvalue weighted by Crippen LogP contribution is 2.16. The van der Waals surface area contributed by atoms with Crippen molar-refractivity contribution in [2.45, 2.75) is 39.3 Å². The van der Waals surface area contributed by atoms with E-state index in [9.17, 15) is 0 Å². The van der Waals surface area contributed by atoms with Crippen molar-refractivity contribution in [3.05, 3.63) is 35.4 Å². The van der Waals surface area contributed by atoms with Crippen LogP contribution in [0.2, 0.25) is 0 Å². The molecule has 0 amide bonds. The molecule has 1 atom stereocenters. The fourth-order valence-corrected chi connectivity index (χ4v) is 2.64. The van der Waals surface area contributed by atoms with Crippen LogP contribution in [0.4, 0.5) is 0 Å². The lowest BCUT2D eigenvalue weighted by atomic mass is 10.1. The van der Waals surface area contributed by atoms with Gasteiger partial charge in [0, 0.05) is 19.1 Å². The smallest absolute Gasteiger partial charge is 0.0239 e. The van der Waals surface area contributed by atoms with E-state index in [1.54, 1.807) is 0 Å². The van der Waals surface area contributed by atoms with Gasteiger partial charge in [-0.25, -0.2) is 0 Å². The van der Waals surface area contributed by atoms with Crippen LogP contribution in [0.5, 0.6) is 0 Å². The molecule has 1 aromatic carbocycles. The summed E-state index contributed by atoms with van der Waals surface area (Å²) < 4.78 is 0. The molecule has 0 aromatic heterocycles. The summed E-state index contributed by atoms with van der Waals surface area (Å²) in [6, 6.07) is 9.49. The van der Waals surface area contributed by atoms with Crippen molar-refractivity contribution in [2.75, 3.05) is 19.6 Å². The van der Waals surface area contributed by atoms with Gasteiger partial charge in [0.05, 0.1) is 0 Å². The second-order valence-corrected chi connectivity index (χ2v) is 5.04. The predicted molar refractivity (Wildman–Crippen MR) is 80.4 cm³/mol. The van der Waals surface area contributed by atoms with Crippen molar-refractivity contribution < 1.29 is 0 Å². The van der Waals surface area contributed by atoms with Crippen molar-refractivity contribution in [2.24, 2.45) is 0 Å². The molecule has 1 fully saturated rings. The highest BCUT2D eigenvalue weighted by Gasteiger charge is 2.21. The van der Waals surface area contributed by atoms with Gasteiger partial charge in [-0.15, -0.1) is 12.4 Å². The van der Waals surface area contributed by atoms with Gasteiger partial charge in [-0.2, -0.15) is 0 Å². The maximum absolute atomic E-state index is 3.47. The van der Waals surface area contributed by atoms with Gasteiger partial charge >= 0.3 is 0 Å². The zero-order valence-electron chi connectivity index (χ0n) is 11.5. The van der Waals surface area contributed by atoms with E-state index < -0.39 is 0 Å². The van der Waals surface area contributed by atoms with Crippen molar-refractivity contribution in [3.8, 4) is 0 Å². The van der Waals surface area contributed by atoms with Crippen LogP contribution >= 0.6 is 12.4 Å². The first kappa shape index (κ1) is 15.5. The third-order valence-electron chi connectivity index (χ3n) is 3.70. The van der Waals surface area contributed by atoms with Gasteiger partial charge in [-0.3, -0.25) is 4.90 Å². The van der Waals surface area contributed by atoms with E-state index >= 15 is 0 Å². The van der Waals surface area contributed by atoms with E-state index in [-0.39, 0.29) is 12.4 Å². The van der Waals surface area contributed by atoms with Crippen LogP contribution in [-0.2, 0) is 6.54 Å². The highest BCUT2D eigenvalue weighted by atomic mass is 35.5. The molecule has 1 aliphatic heterocycles. The molecule has 1 N–H and O–H groups in total. The maximum Gasteiger partial charge on any atom is 0.0239 e. The van der Waals surface area contributed by atoms with Crippen molar-refractivity contribution in [1.82, 2.24) is 10.2 Å². The Labute approximate surface area is 117 Å². The minimum absolute atomic E-state index is 0. The molecule has 1 heterocycles. The van der Waals surface area contributed by atoms with Crippen LogP contribution in [0.25, 0.3) is 0 Å².